The Morgan fingerprint density at radius 2 is 1.60 bits per heavy atom. The molecule has 0 heterocycles. The van der Waals surface area contributed by atoms with Crippen LogP contribution in [0.25, 0.3) is 0 Å². The summed E-state index contributed by atoms with van der Waals surface area (Å²) >= 11 is 0. The summed E-state index contributed by atoms with van der Waals surface area (Å²) in [5, 5.41) is 0. The molecule has 6 heteroatoms. The number of alkyl halides is 6. The second-order valence-electron chi connectivity index (χ2n) is 3.41. The molecular weight excluding hydrogens is 222 g/mol. The molecule has 0 fully saturated rings. The Hall–Kier alpha value is -0.940. The quantitative estimate of drug-likeness (QED) is 0.554. The summed E-state index contributed by atoms with van der Waals surface area (Å²) in [6, 6.07) is 0. The highest BCUT2D eigenvalue weighted by Gasteiger charge is 2.45. The van der Waals surface area contributed by atoms with E-state index in [-0.39, 0.29) is 6.08 Å². The van der Waals surface area contributed by atoms with E-state index in [9.17, 15) is 26.3 Å². The monoisotopic (exact) mass is 230 g/mol. The van der Waals surface area contributed by atoms with Crippen LogP contribution in [-0.2, 0) is 0 Å². The molecule has 2 unspecified atom stereocenters. The van der Waals surface area contributed by atoms with Crippen molar-refractivity contribution in [2.24, 2.45) is 11.8 Å². The lowest BCUT2D eigenvalue weighted by Gasteiger charge is -2.25. The van der Waals surface area contributed by atoms with Gasteiger partial charge in [-0.2, -0.15) is 26.3 Å². The lowest BCUT2D eigenvalue weighted by molar-refractivity contribution is -0.170. The first kappa shape index (κ1) is 12.1. The van der Waals surface area contributed by atoms with E-state index in [0.29, 0.717) is 6.08 Å². The molecule has 0 bridgehead atoms. The molecule has 15 heavy (non-hydrogen) atoms. The molecule has 86 valence electrons. The maximum atomic E-state index is 12.3. The highest BCUT2D eigenvalue weighted by atomic mass is 19.4. The normalized spacial score (nSPS) is 27.8. The highest BCUT2D eigenvalue weighted by Crippen LogP contribution is 2.40. The van der Waals surface area contributed by atoms with E-state index < -0.39 is 29.8 Å². The van der Waals surface area contributed by atoms with Gasteiger partial charge in [0.2, 0.25) is 0 Å². The van der Waals surface area contributed by atoms with Crippen LogP contribution in [0.4, 0.5) is 26.3 Å². The minimum atomic E-state index is -4.72. The molecule has 1 rings (SSSR count). The van der Waals surface area contributed by atoms with Crippen molar-refractivity contribution in [2.45, 2.75) is 19.3 Å². The van der Waals surface area contributed by atoms with Gasteiger partial charge in [-0.1, -0.05) is 25.2 Å². The zero-order valence-electron chi connectivity index (χ0n) is 7.65. The Balaban J connectivity index is 3.01. The standard InChI is InChI=1S/C9H8F6/c1-5-2-3-6(8(10,11)12)4-7(5)9(13,14)15/h2-5,7H,1H3. The Labute approximate surface area is 82.3 Å². The van der Waals surface area contributed by atoms with Gasteiger partial charge in [0.15, 0.2) is 0 Å². The van der Waals surface area contributed by atoms with Gasteiger partial charge >= 0.3 is 12.4 Å². The largest absolute Gasteiger partial charge is 0.416 e. The van der Waals surface area contributed by atoms with E-state index in [0.717, 1.165) is 6.08 Å². The van der Waals surface area contributed by atoms with Gasteiger partial charge in [-0.3, -0.25) is 0 Å². The van der Waals surface area contributed by atoms with Crippen LogP contribution in [0, 0.1) is 11.8 Å². The predicted molar refractivity (Wildman–Crippen MR) is 42.0 cm³/mol. The van der Waals surface area contributed by atoms with Gasteiger partial charge in [-0.15, -0.1) is 0 Å². The number of halogens is 6. The minimum Gasteiger partial charge on any atom is -0.170 e. The second kappa shape index (κ2) is 3.57. The lowest BCUT2D eigenvalue weighted by atomic mass is 9.86. The molecule has 0 aromatic carbocycles. The van der Waals surface area contributed by atoms with E-state index in [2.05, 4.69) is 0 Å². The Morgan fingerprint density at radius 1 is 1.07 bits per heavy atom. The number of hydrogen-bond donors (Lipinski definition) is 0. The minimum absolute atomic E-state index is 0.241. The molecule has 0 amide bonds. The van der Waals surface area contributed by atoms with Crippen molar-refractivity contribution in [3.05, 3.63) is 23.8 Å². The Kier molecular flexibility index (Phi) is 2.89. The predicted octanol–water partition coefficient (Wildman–Crippen LogP) is 3.86. The van der Waals surface area contributed by atoms with Crippen LogP contribution < -0.4 is 0 Å². The molecule has 0 nitrogen and oxygen atoms in total. The van der Waals surface area contributed by atoms with Crippen LogP contribution in [-0.4, -0.2) is 12.4 Å². The van der Waals surface area contributed by atoms with Crippen LogP contribution in [0.2, 0.25) is 0 Å². The Bertz CT molecular complexity index is 293. The topological polar surface area (TPSA) is 0 Å². The van der Waals surface area contributed by atoms with Crippen LogP contribution in [0.1, 0.15) is 6.92 Å². The summed E-state index contributed by atoms with van der Waals surface area (Å²) < 4.78 is 73.4. The second-order valence-corrected chi connectivity index (χ2v) is 3.41. The van der Waals surface area contributed by atoms with Crippen molar-refractivity contribution < 1.29 is 26.3 Å². The SMILES string of the molecule is CC1C=CC(C(F)(F)F)=CC1C(F)(F)F. The summed E-state index contributed by atoms with van der Waals surface area (Å²) in [4.78, 5) is 0. The third-order valence-electron chi connectivity index (χ3n) is 2.21. The van der Waals surface area contributed by atoms with Crippen LogP contribution in [0.5, 0.6) is 0 Å². The van der Waals surface area contributed by atoms with Crippen molar-refractivity contribution in [3.8, 4) is 0 Å². The molecule has 2 atom stereocenters. The third kappa shape index (κ3) is 2.76. The molecule has 0 aromatic rings. The number of allylic oxidation sites excluding steroid dienone is 4. The van der Waals surface area contributed by atoms with Gasteiger partial charge in [-0.25, -0.2) is 0 Å². The maximum Gasteiger partial charge on any atom is 0.416 e. The fourth-order valence-corrected chi connectivity index (χ4v) is 1.36. The molecule has 0 aromatic heterocycles. The molecule has 0 spiro atoms. The van der Waals surface area contributed by atoms with Crippen LogP contribution >= 0.6 is 0 Å². The van der Waals surface area contributed by atoms with Crippen molar-refractivity contribution in [2.75, 3.05) is 0 Å². The van der Waals surface area contributed by atoms with Crippen molar-refractivity contribution in [1.82, 2.24) is 0 Å². The number of hydrogen-bond acceptors (Lipinski definition) is 0. The molecule has 0 N–H and O–H groups in total. The van der Waals surface area contributed by atoms with Gasteiger partial charge in [0, 0.05) is 0 Å². The van der Waals surface area contributed by atoms with E-state index in [1.165, 1.54) is 6.92 Å². The fraction of sp³-hybridized carbons (Fsp3) is 0.556. The zero-order valence-corrected chi connectivity index (χ0v) is 7.65. The van der Waals surface area contributed by atoms with Crippen molar-refractivity contribution in [3.63, 3.8) is 0 Å². The zero-order chi connectivity index (χ0) is 11.9. The summed E-state index contributed by atoms with van der Waals surface area (Å²) in [6.45, 7) is 1.23. The summed E-state index contributed by atoms with van der Waals surface area (Å²) in [7, 11) is 0. The molecular formula is C9H8F6. The first-order chi connectivity index (χ1) is 6.62. The van der Waals surface area contributed by atoms with E-state index >= 15 is 0 Å². The first-order valence-corrected chi connectivity index (χ1v) is 4.16. The van der Waals surface area contributed by atoms with Gasteiger partial charge in [-0.05, 0) is 5.92 Å². The van der Waals surface area contributed by atoms with Gasteiger partial charge in [0.25, 0.3) is 0 Å². The smallest absolute Gasteiger partial charge is 0.170 e. The van der Waals surface area contributed by atoms with Crippen molar-refractivity contribution in [1.29, 1.82) is 0 Å². The van der Waals surface area contributed by atoms with Gasteiger partial charge in [0.05, 0.1) is 11.5 Å². The lowest BCUT2D eigenvalue weighted by Crippen LogP contribution is -2.30. The summed E-state index contributed by atoms with van der Waals surface area (Å²) in [5.41, 5.74) is -1.23. The van der Waals surface area contributed by atoms with E-state index in [1.807, 2.05) is 0 Å². The van der Waals surface area contributed by atoms with Gasteiger partial charge in [0.1, 0.15) is 0 Å². The maximum absolute atomic E-state index is 12.3. The fourth-order valence-electron chi connectivity index (χ4n) is 1.36. The van der Waals surface area contributed by atoms with Crippen molar-refractivity contribution >= 4 is 0 Å². The molecule has 0 saturated carbocycles. The van der Waals surface area contributed by atoms with Crippen LogP contribution in [0.15, 0.2) is 23.8 Å². The highest BCUT2D eigenvalue weighted by molar-refractivity contribution is 5.30. The Morgan fingerprint density at radius 3 is 2.00 bits per heavy atom. The van der Waals surface area contributed by atoms with E-state index in [4.69, 9.17) is 0 Å². The average Bonchev–Trinajstić information content (AvgIpc) is 2.00. The molecule has 0 aliphatic heterocycles. The summed E-state index contributed by atoms with van der Waals surface area (Å²) in [5.74, 6) is -3.02. The van der Waals surface area contributed by atoms with Gasteiger partial charge < -0.3 is 0 Å². The molecule has 0 radical (unpaired) electrons. The number of rotatable bonds is 0. The first-order valence-electron chi connectivity index (χ1n) is 4.16. The molecule has 1 aliphatic rings. The summed E-state index contributed by atoms with van der Waals surface area (Å²) in [6.07, 6.45) is -7.50. The average molecular weight is 230 g/mol. The third-order valence-corrected chi connectivity index (χ3v) is 2.21. The molecule has 0 saturated heterocycles. The molecule has 1 aliphatic carbocycles. The van der Waals surface area contributed by atoms with E-state index in [1.54, 1.807) is 0 Å². The van der Waals surface area contributed by atoms with Crippen LogP contribution in [0.3, 0.4) is 0 Å².